The van der Waals surface area contributed by atoms with E-state index in [0.717, 1.165) is 22.3 Å². The van der Waals surface area contributed by atoms with Crippen LogP contribution in [0.3, 0.4) is 0 Å². The monoisotopic (exact) mass is 707 g/mol. The topological polar surface area (TPSA) is 103 Å². The van der Waals surface area contributed by atoms with Crippen molar-refractivity contribution in [2.45, 2.75) is 50.2 Å². The maximum Gasteiger partial charge on any atom is 0.321 e. The summed E-state index contributed by atoms with van der Waals surface area (Å²) in [5, 5.41) is 9.75. The molecule has 0 radical (unpaired) electrons. The molecule has 1 fully saturated rings. The highest BCUT2D eigenvalue weighted by molar-refractivity contribution is 5.76. The van der Waals surface area contributed by atoms with Gasteiger partial charge in [-0.15, -0.1) is 0 Å². The highest BCUT2D eigenvalue weighted by Gasteiger charge is 2.49. The molecule has 1 saturated heterocycles. The molecule has 0 aliphatic carbocycles. The zero-order chi connectivity index (χ0) is 36.4. The molecule has 0 spiro atoms. The van der Waals surface area contributed by atoms with Crippen LogP contribution in [0.5, 0.6) is 0 Å². The summed E-state index contributed by atoms with van der Waals surface area (Å²) >= 11 is 0. The molecule has 0 bridgehead atoms. The van der Waals surface area contributed by atoms with Gasteiger partial charge in [0.05, 0.1) is 50.1 Å². The van der Waals surface area contributed by atoms with Gasteiger partial charge in [0.15, 0.2) is 0 Å². The van der Waals surface area contributed by atoms with Crippen molar-refractivity contribution in [3.8, 4) is 6.07 Å². The van der Waals surface area contributed by atoms with Gasteiger partial charge in [0.1, 0.15) is 25.8 Å². The number of benzene rings is 4. The van der Waals surface area contributed by atoms with Gasteiger partial charge in [0.2, 0.25) is 0 Å². The van der Waals surface area contributed by atoms with Crippen LogP contribution in [-0.4, -0.2) is 94.4 Å². The fourth-order valence-electron chi connectivity index (χ4n) is 6.56. The molecular weight excluding hydrogens is 658 g/mol. The first-order valence-corrected chi connectivity index (χ1v) is 17.7. The summed E-state index contributed by atoms with van der Waals surface area (Å²) < 4.78 is 35.8. The van der Waals surface area contributed by atoms with E-state index in [9.17, 15) is 5.26 Å². The molecule has 10 heteroatoms. The first-order chi connectivity index (χ1) is 25.6. The standard InChI is InChI=1S/C42H49N3O7/c1-47-21-23-49-31-51-40-38(26-33-13-6-3-7-14-33)44(29-35-17-10-5-11-18-35)42(46)45(30-37-20-12-19-36(25-37)28-43)39(27-34-15-8-4-9-16-34)41(40)52-32-50-24-22-48-2/h3-20,25,38-41H,21-24,26-27,29-32H2,1-2H3/t38-,39-,40+,41+/m1/s1. The van der Waals surface area contributed by atoms with E-state index in [1.807, 2.05) is 94.7 Å². The number of hydrogen-bond acceptors (Lipinski definition) is 8. The average molecular weight is 708 g/mol. The molecule has 2 amide bonds. The van der Waals surface area contributed by atoms with Gasteiger partial charge >= 0.3 is 6.03 Å². The Morgan fingerprint density at radius 1 is 0.577 bits per heavy atom. The minimum absolute atomic E-state index is 0.0284. The zero-order valence-electron chi connectivity index (χ0n) is 30.0. The van der Waals surface area contributed by atoms with Crippen molar-refractivity contribution in [3.63, 3.8) is 0 Å². The number of methoxy groups -OCH3 is 2. The van der Waals surface area contributed by atoms with Crippen LogP contribution in [0, 0.1) is 11.3 Å². The van der Waals surface area contributed by atoms with Gasteiger partial charge in [0.25, 0.3) is 0 Å². The second-order valence-corrected chi connectivity index (χ2v) is 12.7. The van der Waals surface area contributed by atoms with Crippen molar-refractivity contribution in [3.05, 3.63) is 143 Å². The zero-order valence-corrected chi connectivity index (χ0v) is 30.0. The van der Waals surface area contributed by atoms with Gasteiger partial charge in [-0.05, 0) is 47.2 Å². The molecule has 0 unspecified atom stereocenters. The highest BCUT2D eigenvalue weighted by Crippen LogP contribution is 2.33. The molecule has 0 saturated carbocycles. The molecule has 0 aromatic heterocycles. The average Bonchev–Trinajstić information content (AvgIpc) is 3.25. The van der Waals surface area contributed by atoms with Crippen LogP contribution < -0.4 is 0 Å². The van der Waals surface area contributed by atoms with Gasteiger partial charge < -0.3 is 38.2 Å². The lowest BCUT2D eigenvalue weighted by Crippen LogP contribution is -2.53. The van der Waals surface area contributed by atoms with Crippen LogP contribution in [0.15, 0.2) is 115 Å². The predicted octanol–water partition coefficient (Wildman–Crippen LogP) is 6.23. The van der Waals surface area contributed by atoms with E-state index >= 15 is 4.79 Å². The predicted molar refractivity (Wildman–Crippen MR) is 197 cm³/mol. The largest absolute Gasteiger partial charge is 0.382 e. The molecule has 52 heavy (non-hydrogen) atoms. The SMILES string of the molecule is COCCOCO[C@@H]1[C@@H](OCOCCOC)[C@@H](Cc2ccccc2)N(Cc2cccc(C#N)c2)C(=O)N(Cc2ccccc2)[C@@H]1Cc1ccccc1. The number of carbonyl (C=O) groups excluding carboxylic acids is 1. The van der Waals surface area contributed by atoms with Crippen LogP contribution >= 0.6 is 0 Å². The van der Waals surface area contributed by atoms with Gasteiger partial charge in [-0.3, -0.25) is 0 Å². The van der Waals surface area contributed by atoms with Crippen molar-refractivity contribution in [2.24, 2.45) is 0 Å². The molecule has 5 rings (SSSR count). The smallest absolute Gasteiger partial charge is 0.321 e. The Labute approximate surface area is 307 Å². The minimum atomic E-state index is -0.661. The van der Waals surface area contributed by atoms with Crippen molar-refractivity contribution >= 4 is 6.03 Å². The number of rotatable bonds is 20. The van der Waals surface area contributed by atoms with Gasteiger partial charge in [-0.2, -0.15) is 5.26 Å². The Morgan fingerprint density at radius 3 is 1.48 bits per heavy atom. The minimum Gasteiger partial charge on any atom is -0.382 e. The summed E-state index contributed by atoms with van der Waals surface area (Å²) in [6.45, 7) is 2.04. The Balaban J connectivity index is 1.66. The molecule has 1 heterocycles. The number of carbonyl (C=O) groups is 1. The Morgan fingerprint density at radius 2 is 1.02 bits per heavy atom. The number of nitrogens with zero attached hydrogens (tertiary/aromatic N) is 3. The highest BCUT2D eigenvalue weighted by atomic mass is 16.7. The Kier molecular flexibility index (Phi) is 15.6. The van der Waals surface area contributed by atoms with E-state index in [4.69, 9.17) is 28.4 Å². The van der Waals surface area contributed by atoms with Gasteiger partial charge in [-0.25, -0.2) is 4.79 Å². The summed E-state index contributed by atoms with van der Waals surface area (Å²) in [4.78, 5) is 19.2. The number of amides is 2. The van der Waals surface area contributed by atoms with Crippen LogP contribution in [0.25, 0.3) is 0 Å². The molecular formula is C42H49N3O7. The van der Waals surface area contributed by atoms with Crippen molar-refractivity contribution in [1.82, 2.24) is 9.80 Å². The van der Waals surface area contributed by atoms with Crippen LogP contribution in [0.4, 0.5) is 4.79 Å². The van der Waals surface area contributed by atoms with E-state index in [0.29, 0.717) is 51.4 Å². The molecule has 10 nitrogen and oxygen atoms in total. The Bertz CT molecular complexity index is 1650. The first-order valence-electron chi connectivity index (χ1n) is 17.7. The van der Waals surface area contributed by atoms with Crippen LogP contribution in [0.2, 0.25) is 0 Å². The fraction of sp³-hybridized carbons (Fsp3) is 0.381. The summed E-state index contributed by atoms with van der Waals surface area (Å²) in [5.41, 5.74) is 4.43. The summed E-state index contributed by atoms with van der Waals surface area (Å²) in [7, 11) is 3.25. The van der Waals surface area contributed by atoms with Gasteiger partial charge in [-0.1, -0.05) is 103 Å². The molecule has 1 aliphatic heterocycles. The van der Waals surface area contributed by atoms with E-state index in [-0.39, 0.29) is 26.2 Å². The van der Waals surface area contributed by atoms with Crippen molar-refractivity contribution < 1.29 is 33.2 Å². The summed E-state index contributed by atoms with van der Waals surface area (Å²) in [5.74, 6) is 0. The van der Waals surface area contributed by atoms with Crippen LogP contribution in [0.1, 0.15) is 27.8 Å². The second-order valence-electron chi connectivity index (χ2n) is 12.7. The maximum absolute atomic E-state index is 15.4. The quantitative estimate of drug-likeness (QED) is 0.0788. The van der Waals surface area contributed by atoms with E-state index in [2.05, 4.69) is 30.3 Å². The third-order valence-electron chi connectivity index (χ3n) is 9.11. The van der Waals surface area contributed by atoms with Crippen molar-refractivity contribution in [2.75, 3.05) is 54.2 Å². The van der Waals surface area contributed by atoms with E-state index in [1.165, 1.54) is 0 Å². The van der Waals surface area contributed by atoms with E-state index < -0.39 is 24.3 Å². The van der Waals surface area contributed by atoms with E-state index in [1.54, 1.807) is 20.3 Å². The third-order valence-corrected chi connectivity index (χ3v) is 9.11. The summed E-state index contributed by atoms with van der Waals surface area (Å²) in [6, 6.07) is 38.7. The second kappa shape index (κ2) is 21.1. The number of nitriles is 1. The third kappa shape index (κ3) is 11.2. The lowest BCUT2D eigenvalue weighted by atomic mass is 9.90. The molecule has 0 N–H and O–H groups in total. The van der Waals surface area contributed by atoms with Gasteiger partial charge in [0, 0.05) is 27.3 Å². The maximum atomic E-state index is 15.4. The molecule has 274 valence electrons. The van der Waals surface area contributed by atoms with Crippen molar-refractivity contribution in [1.29, 1.82) is 5.26 Å². The number of ether oxygens (including phenoxy) is 6. The first kappa shape index (κ1) is 38.6. The normalized spacial score (nSPS) is 19.0. The molecule has 4 aromatic rings. The lowest BCUT2D eigenvalue weighted by molar-refractivity contribution is -0.192. The number of hydrogen-bond donors (Lipinski definition) is 0. The number of urea groups is 1. The molecule has 1 aliphatic rings. The lowest BCUT2D eigenvalue weighted by Gasteiger charge is -2.38. The summed E-state index contributed by atoms with van der Waals surface area (Å²) in [6.07, 6.45) is -0.325. The Hall–Kier alpha value is -4.60. The molecule has 4 atom stereocenters. The fourth-order valence-corrected chi connectivity index (χ4v) is 6.56. The molecule has 4 aromatic carbocycles. The van der Waals surface area contributed by atoms with Crippen LogP contribution in [-0.2, 0) is 54.4 Å².